The maximum Gasteiger partial charge on any atom is 0.263 e. The van der Waals surface area contributed by atoms with E-state index >= 15 is 0 Å². The van der Waals surface area contributed by atoms with Gasteiger partial charge in [0.1, 0.15) is 4.90 Å². The fraction of sp³-hybridized carbons (Fsp3) is 0.0769. The van der Waals surface area contributed by atoms with Crippen molar-refractivity contribution in [1.82, 2.24) is 0 Å². The van der Waals surface area contributed by atoms with Crippen LogP contribution in [0.2, 0.25) is 0 Å². The molecule has 0 radical (unpaired) electrons. The third-order valence-electron chi connectivity index (χ3n) is 2.55. The summed E-state index contributed by atoms with van der Waals surface area (Å²) in [6, 6.07) is 12.2. The number of sulfonamides is 1. The average molecular weight is 452 g/mol. The van der Waals surface area contributed by atoms with Gasteiger partial charge in [-0.05, 0) is 75.3 Å². The molecule has 2 aromatic carbocycles. The maximum absolute atomic E-state index is 12.3. The number of anilines is 1. The molecule has 0 unspecified atom stereocenters. The van der Waals surface area contributed by atoms with Crippen LogP contribution in [0.1, 0.15) is 5.56 Å². The second-order valence-corrected chi connectivity index (χ2v) is 7.67. The van der Waals surface area contributed by atoms with Crippen molar-refractivity contribution in [3.8, 4) is 0 Å². The minimum atomic E-state index is -3.57. The highest BCUT2D eigenvalue weighted by molar-refractivity contribution is 14.1. The molecule has 3 nitrogen and oxygen atoms in total. The van der Waals surface area contributed by atoms with Gasteiger partial charge in [-0.3, -0.25) is 4.72 Å². The summed E-state index contributed by atoms with van der Waals surface area (Å²) in [7, 11) is -3.57. The van der Waals surface area contributed by atoms with E-state index in [0.29, 0.717) is 10.2 Å². The highest BCUT2D eigenvalue weighted by Gasteiger charge is 2.17. The van der Waals surface area contributed by atoms with E-state index in [0.717, 1.165) is 9.13 Å². The molecule has 19 heavy (non-hydrogen) atoms. The van der Waals surface area contributed by atoms with Gasteiger partial charge in [0.25, 0.3) is 10.0 Å². The van der Waals surface area contributed by atoms with Gasteiger partial charge in [0.15, 0.2) is 0 Å². The Kier molecular flexibility index (Phi) is 4.52. The predicted molar refractivity (Wildman–Crippen MR) is 88.8 cm³/mol. The van der Waals surface area contributed by atoms with Crippen molar-refractivity contribution in [3.63, 3.8) is 0 Å². The Morgan fingerprint density at radius 1 is 1.16 bits per heavy atom. The summed E-state index contributed by atoms with van der Waals surface area (Å²) in [6.45, 7) is 1.98. The first-order valence-electron chi connectivity index (χ1n) is 5.43. The Hall–Kier alpha value is -0.600. The number of hydrogen-bond acceptors (Lipinski definition) is 2. The van der Waals surface area contributed by atoms with Gasteiger partial charge in [-0.15, -0.1) is 0 Å². The fourth-order valence-electron chi connectivity index (χ4n) is 1.53. The normalized spacial score (nSPS) is 11.3. The number of rotatable bonds is 3. The summed E-state index contributed by atoms with van der Waals surface area (Å²) in [5.41, 5.74) is 1.68. The highest BCUT2D eigenvalue weighted by atomic mass is 127. The minimum Gasteiger partial charge on any atom is -0.280 e. The van der Waals surface area contributed by atoms with Gasteiger partial charge in [-0.1, -0.05) is 18.2 Å². The van der Waals surface area contributed by atoms with E-state index in [1.807, 2.05) is 19.1 Å². The van der Waals surface area contributed by atoms with Gasteiger partial charge in [0, 0.05) is 13.7 Å². The largest absolute Gasteiger partial charge is 0.280 e. The summed E-state index contributed by atoms with van der Waals surface area (Å²) >= 11 is 5.43. The smallest absolute Gasteiger partial charge is 0.263 e. The first-order chi connectivity index (χ1) is 8.90. The molecule has 0 saturated heterocycles. The van der Waals surface area contributed by atoms with Gasteiger partial charge in [-0.2, -0.15) is 0 Å². The summed E-state index contributed by atoms with van der Waals surface area (Å²) in [4.78, 5) is 0.227. The molecule has 100 valence electrons. The standard InChI is InChI=1S/C13H11BrINO2S/c1-9-6-7-10(8-12(9)15)16-19(17,18)13-5-3-2-4-11(13)14/h2-8,16H,1H3. The van der Waals surface area contributed by atoms with Gasteiger partial charge in [-0.25, -0.2) is 8.42 Å². The topological polar surface area (TPSA) is 46.2 Å². The number of halogens is 2. The van der Waals surface area contributed by atoms with Crippen molar-refractivity contribution in [3.05, 3.63) is 56.1 Å². The molecule has 0 amide bonds. The lowest BCUT2D eigenvalue weighted by atomic mass is 10.2. The molecule has 2 rings (SSSR count). The van der Waals surface area contributed by atoms with Gasteiger partial charge in [0.2, 0.25) is 0 Å². The van der Waals surface area contributed by atoms with E-state index in [9.17, 15) is 8.42 Å². The first-order valence-corrected chi connectivity index (χ1v) is 8.79. The molecule has 0 bridgehead atoms. The van der Waals surface area contributed by atoms with Crippen LogP contribution in [0.5, 0.6) is 0 Å². The van der Waals surface area contributed by atoms with E-state index < -0.39 is 10.0 Å². The van der Waals surface area contributed by atoms with Gasteiger partial charge < -0.3 is 0 Å². The van der Waals surface area contributed by atoms with E-state index in [2.05, 4.69) is 43.2 Å². The van der Waals surface area contributed by atoms with Crippen LogP contribution in [0.25, 0.3) is 0 Å². The minimum absolute atomic E-state index is 0.227. The fourth-order valence-corrected chi connectivity index (χ4v) is 4.10. The van der Waals surface area contributed by atoms with Crippen LogP contribution >= 0.6 is 38.5 Å². The summed E-state index contributed by atoms with van der Waals surface area (Å²) in [6.07, 6.45) is 0. The average Bonchev–Trinajstić information content (AvgIpc) is 2.34. The van der Waals surface area contributed by atoms with Crippen LogP contribution in [0.3, 0.4) is 0 Å². The number of aryl methyl sites for hydroxylation is 1. The van der Waals surface area contributed by atoms with Crippen LogP contribution < -0.4 is 4.72 Å². The van der Waals surface area contributed by atoms with E-state index in [-0.39, 0.29) is 4.90 Å². The molecular formula is C13H11BrINO2S. The summed E-state index contributed by atoms with van der Waals surface area (Å²) in [5.74, 6) is 0. The van der Waals surface area contributed by atoms with Gasteiger partial charge in [0.05, 0.1) is 0 Å². The van der Waals surface area contributed by atoms with Crippen LogP contribution in [-0.2, 0) is 10.0 Å². The zero-order chi connectivity index (χ0) is 14.0. The SMILES string of the molecule is Cc1ccc(NS(=O)(=O)c2ccccc2Br)cc1I. The lowest BCUT2D eigenvalue weighted by molar-refractivity contribution is 0.601. The predicted octanol–water partition coefficient (Wildman–Crippen LogP) is 4.16. The molecule has 0 aliphatic rings. The van der Waals surface area contributed by atoms with Crippen LogP contribution in [0.15, 0.2) is 51.8 Å². The zero-order valence-electron chi connectivity index (χ0n) is 10.0. The van der Waals surface area contributed by atoms with Crippen molar-refractivity contribution < 1.29 is 8.42 Å². The lowest BCUT2D eigenvalue weighted by Gasteiger charge is -2.10. The second kappa shape index (κ2) is 5.80. The molecule has 2 aromatic rings. The third kappa shape index (κ3) is 3.49. The molecule has 0 saturated carbocycles. The van der Waals surface area contributed by atoms with Crippen LogP contribution in [0, 0.1) is 10.5 Å². The molecule has 0 aliphatic carbocycles. The van der Waals surface area contributed by atoms with E-state index in [1.165, 1.54) is 0 Å². The van der Waals surface area contributed by atoms with Crippen molar-refractivity contribution in [2.24, 2.45) is 0 Å². The molecule has 0 fully saturated rings. The van der Waals surface area contributed by atoms with Crippen molar-refractivity contribution in [2.45, 2.75) is 11.8 Å². The Labute approximate surface area is 134 Å². The van der Waals surface area contributed by atoms with Crippen molar-refractivity contribution in [2.75, 3.05) is 4.72 Å². The molecule has 0 heterocycles. The monoisotopic (exact) mass is 451 g/mol. The lowest BCUT2D eigenvalue weighted by Crippen LogP contribution is -2.13. The van der Waals surface area contributed by atoms with Crippen LogP contribution in [-0.4, -0.2) is 8.42 Å². The second-order valence-electron chi connectivity index (χ2n) is 4.00. The van der Waals surface area contributed by atoms with Crippen LogP contribution in [0.4, 0.5) is 5.69 Å². The number of hydrogen-bond donors (Lipinski definition) is 1. The Morgan fingerprint density at radius 3 is 2.47 bits per heavy atom. The first kappa shape index (κ1) is 14.8. The maximum atomic E-state index is 12.3. The summed E-state index contributed by atoms with van der Waals surface area (Å²) < 4.78 is 28.7. The molecule has 1 N–H and O–H groups in total. The number of benzene rings is 2. The Balaban J connectivity index is 2.37. The van der Waals surface area contributed by atoms with Crippen molar-refractivity contribution >= 4 is 54.2 Å². The molecular weight excluding hydrogens is 441 g/mol. The molecule has 6 heteroatoms. The molecule has 0 aliphatic heterocycles. The summed E-state index contributed by atoms with van der Waals surface area (Å²) in [5, 5.41) is 0. The van der Waals surface area contributed by atoms with Gasteiger partial charge >= 0.3 is 0 Å². The third-order valence-corrected chi connectivity index (χ3v) is 6.11. The highest BCUT2D eigenvalue weighted by Crippen LogP contribution is 2.25. The Bertz CT molecular complexity index is 716. The molecule has 0 atom stereocenters. The van der Waals surface area contributed by atoms with E-state index in [4.69, 9.17) is 0 Å². The number of nitrogens with one attached hydrogen (secondary N) is 1. The zero-order valence-corrected chi connectivity index (χ0v) is 14.6. The van der Waals surface area contributed by atoms with E-state index in [1.54, 1.807) is 30.3 Å². The molecule has 0 spiro atoms. The Morgan fingerprint density at radius 2 is 1.84 bits per heavy atom. The molecule has 0 aromatic heterocycles. The van der Waals surface area contributed by atoms with Crippen molar-refractivity contribution in [1.29, 1.82) is 0 Å². The quantitative estimate of drug-likeness (QED) is 0.712.